The number of anilines is 1. The Morgan fingerprint density at radius 1 is 0.805 bits per heavy atom. The van der Waals surface area contributed by atoms with Crippen molar-refractivity contribution in [3.63, 3.8) is 0 Å². The molecule has 0 radical (unpaired) electrons. The Kier molecular flexibility index (Phi) is 11.1. The summed E-state index contributed by atoms with van der Waals surface area (Å²) in [5.41, 5.74) is -0.213. The van der Waals surface area contributed by atoms with E-state index in [0.29, 0.717) is 45.1 Å². The molecule has 3 saturated heterocycles. The third kappa shape index (κ3) is 7.43. The average molecular weight is 654 g/mol. The van der Waals surface area contributed by atoms with Crippen LogP contribution in [-0.4, -0.2) is 76.9 Å². The minimum absolute atomic E-state index is 0.000778. The number of halogens is 3. The first-order chi connectivity index (χ1) is 19.5. The number of hydrogen-bond donors (Lipinski definition) is 0. The number of piperazine rings is 1. The van der Waals surface area contributed by atoms with E-state index in [9.17, 15) is 18.0 Å². The normalized spacial score (nSPS) is 22.3. The first-order valence-electron chi connectivity index (χ1n) is 13.7. The topological polar surface area (TPSA) is 129 Å². The zero-order valence-electron chi connectivity index (χ0n) is 23.0. The van der Waals surface area contributed by atoms with Gasteiger partial charge in [0.1, 0.15) is 10.0 Å². The molecular formula is C25H35Cl3N6O6S. The largest absolute Gasteiger partial charge is 0.366 e. The number of hydrogen-bond acceptors (Lipinski definition) is 9. The quantitative estimate of drug-likeness (QED) is 0.474. The van der Waals surface area contributed by atoms with Crippen LogP contribution in [0.2, 0.25) is 15.1 Å². The number of rotatable bonds is 5. The van der Waals surface area contributed by atoms with Gasteiger partial charge >= 0.3 is 0 Å². The molecule has 2 atom stereocenters. The van der Waals surface area contributed by atoms with Crippen molar-refractivity contribution < 1.29 is 17.9 Å². The molecule has 0 spiro atoms. The standard InChI is InChI=1S/C16H25ClN4O4S.C9H10Cl2N2O2/c1-12(2)26(23,24)20-8-6-19(7-9-20)13-11-18-21(16(22)15(13)17)14-5-3-4-10-25-14;10-6-5-12-13(9(14)8(6)11)7-3-1-2-4-15-7/h11-12,14H,3-10H2,1-2H3;5,7H,1-4H2. The van der Waals surface area contributed by atoms with E-state index < -0.39 is 20.8 Å². The molecule has 12 nitrogen and oxygen atoms in total. The first kappa shape index (κ1) is 32.2. The number of ether oxygens (including phenoxy) is 2. The molecule has 0 aliphatic carbocycles. The van der Waals surface area contributed by atoms with E-state index in [1.54, 1.807) is 20.0 Å². The van der Waals surface area contributed by atoms with Gasteiger partial charge in [0.05, 0.1) is 28.4 Å². The van der Waals surface area contributed by atoms with Gasteiger partial charge in [-0.2, -0.15) is 23.9 Å². The van der Waals surface area contributed by atoms with Crippen molar-refractivity contribution in [3.05, 3.63) is 48.2 Å². The smallest absolute Gasteiger partial charge is 0.290 e. The first-order valence-corrected chi connectivity index (χ1v) is 16.3. The van der Waals surface area contributed by atoms with E-state index >= 15 is 0 Å². The van der Waals surface area contributed by atoms with Crippen molar-refractivity contribution in [3.8, 4) is 0 Å². The Balaban J connectivity index is 0.000000218. The summed E-state index contributed by atoms with van der Waals surface area (Å²) in [6.45, 7) is 6.29. The molecule has 3 fully saturated rings. The van der Waals surface area contributed by atoms with Crippen LogP contribution in [0, 0.1) is 0 Å². The molecule has 0 amide bonds. The van der Waals surface area contributed by atoms with Crippen molar-refractivity contribution in [1.29, 1.82) is 0 Å². The number of aromatic nitrogens is 4. The van der Waals surface area contributed by atoms with Crippen LogP contribution in [0.15, 0.2) is 22.0 Å². The lowest BCUT2D eigenvalue weighted by Crippen LogP contribution is -2.50. The van der Waals surface area contributed by atoms with Crippen LogP contribution < -0.4 is 16.0 Å². The molecule has 0 aromatic carbocycles. The lowest BCUT2D eigenvalue weighted by Gasteiger charge is -2.36. The molecule has 3 aliphatic heterocycles. The molecule has 2 aromatic heterocycles. The molecule has 0 bridgehead atoms. The van der Waals surface area contributed by atoms with Crippen molar-refractivity contribution in [1.82, 2.24) is 23.9 Å². The molecule has 228 valence electrons. The van der Waals surface area contributed by atoms with E-state index in [1.807, 2.05) is 4.90 Å². The van der Waals surface area contributed by atoms with Gasteiger partial charge < -0.3 is 14.4 Å². The summed E-state index contributed by atoms with van der Waals surface area (Å²) in [7, 11) is -3.27. The molecule has 0 N–H and O–H groups in total. The SMILES string of the molecule is CC(C)S(=O)(=O)N1CCN(c2cnn(C3CCCCO3)c(=O)c2Cl)CC1.O=c1c(Cl)c(Cl)cnn1C1CCCCO1. The van der Waals surface area contributed by atoms with Gasteiger partial charge in [-0.1, -0.05) is 34.8 Å². The van der Waals surface area contributed by atoms with Gasteiger partial charge in [-0.3, -0.25) is 9.59 Å². The highest BCUT2D eigenvalue weighted by Crippen LogP contribution is 2.26. The highest BCUT2D eigenvalue weighted by atomic mass is 35.5. The monoisotopic (exact) mass is 652 g/mol. The molecule has 5 heterocycles. The lowest BCUT2D eigenvalue weighted by atomic mass is 10.2. The van der Waals surface area contributed by atoms with Crippen LogP contribution in [-0.2, 0) is 19.5 Å². The molecule has 3 aliphatic rings. The van der Waals surface area contributed by atoms with E-state index in [0.717, 1.165) is 38.5 Å². The summed E-state index contributed by atoms with van der Waals surface area (Å²) in [5, 5.41) is 8.02. The van der Waals surface area contributed by atoms with E-state index in [-0.39, 0.29) is 33.1 Å². The minimum Gasteiger partial charge on any atom is -0.366 e. The van der Waals surface area contributed by atoms with Gasteiger partial charge in [-0.15, -0.1) is 0 Å². The Hall–Kier alpha value is -1.74. The van der Waals surface area contributed by atoms with Crippen LogP contribution in [0.3, 0.4) is 0 Å². The lowest BCUT2D eigenvalue weighted by molar-refractivity contribution is -0.0425. The molecule has 41 heavy (non-hydrogen) atoms. The van der Waals surface area contributed by atoms with Crippen LogP contribution in [0.1, 0.15) is 64.8 Å². The highest BCUT2D eigenvalue weighted by Gasteiger charge is 2.31. The third-order valence-electron chi connectivity index (χ3n) is 7.22. The number of sulfonamides is 1. The minimum atomic E-state index is -3.27. The van der Waals surface area contributed by atoms with Gasteiger partial charge in [0.25, 0.3) is 11.1 Å². The molecular weight excluding hydrogens is 619 g/mol. The van der Waals surface area contributed by atoms with Gasteiger partial charge in [-0.25, -0.2) is 8.42 Å². The second kappa shape index (κ2) is 14.2. The van der Waals surface area contributed by atoms with Gasteiger partial charge in [0.2, 0.25) is 10.0 Å². The zero-order valence-corrected chi connectivity index (χ0v) is 26.1. The second-order valence-electron chi connectivity index (χ2n) is 10.3. The van der Waals surface area contributed by atoms with Crippen molar-refractivity contribution in [2.45, 2.75) is 70.1 Å². The Morgan fingerprint density at radius 3 is 1.80 bits per heavy atom. The van der Waals surface area contributed by atoms with Crippen LogP contribution in [0.25, 0.3) is 0 Å². The summed E-state index contributed by atoms with van der Waals surface area (Å²) < 4.78 is 39.7. The third-order valence-corrected chi connectivity index (χ3v) is 10.6. The summed E-state index contributed by atoms with van der Waals surface area (Å²) in [6.07, 6.45) is 7.82. The van der Waals surface area contributed by atoms with Crippen LogP contribution >= 0.6 is 34.8 Å². The maximum atomic E-state index is 12.6. The van der Waals surface area contributed by atoms with Crippen LogP contribution in [0.5, 0.6) is 0 Å². The summed E-state index contributed by atoms with van der Waals surface area (Å²) in [6, 6.07) is 0. The van der Waals surface area contributed by atoms with Crippen molar-refractivity contribution in [2.24, 2.45) is 0 Å². The maximum Gasteiger partial charge on any atom is 0.290 e. The zero-order chi connectivity index (χ0) is 29.7. The Morgan fingerprint density at radius 2 is 1.32 bits per heavy atom. The fraction of sp³-hybridized carbons (Fsp3) is 0.680. The summed E-state index contributed by atoms with van der Waals surface area (Å²) in [4.78, 5) is 26.2. The number of nitrogens with zero attached hydrogens (tertiary/aromatic N) is 6. The summed E-state index contributed by atoms with van der Waals surface area (Å²) in [5.74, 6) is 0. The van der Waals surface area contributed by atoms with Gasteiger partial charge in [0.15, 0.2) is 12.5 Å². The predicted octanol–water partition coefficient (Wildman–Crippen LogP) is 3.71. The van der Waals surface area contributed by atoms with Crippen molar-refractivity contribution in [2.75, 3.05) is 44.3 Å². The fourth-order valence-electron chi connectivity index (χ4n) is 4.81. The Bertz CT molecular complexity index is 1420. The molecule has 5 rings (SSSR count). The maximum absolute atomic E-state index is 12.6. The van der Waals surface area contributed by atoms with Crippen LogP contribution in [0.4, 0.5) is 5.69 Å². The average Bonchev–Trinajstić information content (AvgIpc) is 2.98. The highest BCUT2D eigenvalue weighted by molar-refractivity contribution is 7.89. The van der Waals surface area contributed by atoms with Gasteiger partial charge in [-0.05, 0) is 52.4 Å². The summed E-state index contributed by atoms with van der Waals surface area (Å²) >= 11 is 17.7. The fourth-order valence-corrected chi connectivity index (χ4v) is 6.59. The molecule has 16 heteroatoms. The Labute approximate surface area is 254 Å². The van der Waals surface area contributed by atoms with E-state index in [2.05, 4.69) is 10.2 Å². The molecule has 2 unspecified atom stereocenters. The van der Waals surface area contributed by atoms with Gasteiger partial charge in [0, 0.05) is 39.4 Å². The molecule has 0 saturated carbocycles. The predicted molar refractivity (Wildman–Crippen MR) is 158 cm³/mol. The van der Waals surface area contributed by atoms with Crippen molar-refractivity contribution >= 4 is 50.5 Å². The van der Waals surface area contributed by atoms with E-state index in [4.69, 9.17) is 44.3 Å². The van der Waals surface area contributed by atoms with E-state index in [1.165, 1.54) is 19.9 Å². The second-order valence-corrected chi connectivity index (χ2v) is 13.9. The molecule has 2 aromatic rings.